The highest BCUT2D eigenvalue weighted by molar-refractivity contribution is 5.92. The van der Waals surface area contributed by atoms with E-state index in [0.29, 0.717) is 19.0 Å². The minimum Gasteiger partial charge on any atom is -0.337 e. The summed E-state index contributed by atoms with van der Waals surface area (Å²) in [5.74, 6) is -0.230. The molecule has 8 heteroatoms. The number of para-hydroxylation sites is 1. The van der Waals surface area contributed by atoms with Gasteiger partial charge in [0.1, 0.15) is 0 Å². The number of aryl methyl sites for hydroxylation is 1. The van der Waals surface area contributed by atoms with Crippen molar-refractivity contribution in [1.29, 1.82) is 0 Å². The van der Waals surface area contributed by atoms with E-state index < -0.39 is 23.1 Å². The molecule has 0 N–H and O–H groups in total. The van der Waals surface area contributed by atoms with Gasteiger partial charge in [0, 0.05) is 24.8 Å². The minimum atomic E-state index is -4.58. The van der Waals surface area contributed by atoms with Crippen LogP contribution in [0.15, 0.2) is 35.1 Å². The second-order valence-corrected chi connectivity index (χ2v) is 6.92. The molecule has 1 fully saturated rings. The quantitative estimate of drug-likeness (QED) is 0.803. The molecule has 0 spiro atoms. The van der Waals surface area contributed by atoms with E-state index in [2.05, 4.69) is 5.10 Å². The van der Waals surface area contributed by atoms with Crippen molar-refractivity contribution in [2.24, 2.45) is 5.92 Å². The van der Waals surface area contributed by atoms with Crippen LogP contribution >= 0.6 is 0 Å². The largest absolute Gasteiger partial charge is 0.418 e. The van der Waals surface area contributed by atoms with Crippen LogP contribution in [0.25, 0.3) is 5.69 Å². The number of hydrogen-bond acceptors (Lipinski definition) is 3. The highest BCUT2D eigenvalue weighted by Crippen LogP contribution is 2.33. The van der Waals surface area contributed by atoms with Gasteiger partial charge in [-0.2, -0.15) is 18.3 Å². The van der Waals surface area contributed by atoms with Gasteiger partial charge in [0.15, 0.2) is 5.69 Å². The Bertz CT molecular complexity index is 921. The normalized spacial score (nSPS) is 17.8. The number of alkyl halides is 3. The molecular weight excluding hydrogens is 359 g/mol. The first-order valence-electron chi connectivity index (χ1n) is 8.75. The maximum Gasteiger partial charge on any atom is 0.418 e. The van der Waals surface area contributed by atoms with Crippen LogP contribution in [0.3, 0.4) is 0 Å². The summed E-state index contributed by atoms with van der Waals surface area (Å²) in [7, 11) is 0. The van der Waals surface area contributed by atoms with Crippen LogP contribution in [0.4, 0.5) is 13.2 Å². The lowest BCUT2D eigenvalue weighted by molar-refractivity contribution is -0.137. The number of amides is 1. The van der Waals surface area contributed by atoms with Crippen LogP contribution in [0.2, 0.25) is 0 Å². The molecule has 0 aliphatic carbocycles. The topological polar surface area (TPSA) is 55.2 Å². The summed E-state index contributed by atoms with van der Waals surface area (Å²) >= 11 is 0. The molecule has 1 aromatic heterocycles. The molecule has 1 aromatic carbocycles. The molecule has 5 nitrogen and oxygen atoms in total. The van der Waals surface area contributed by atoms with E-state index in [-0.39, 0.29) is 17.1 Å². The Morgan fingerprint density at radius 1 is 1.26 bits per heavy atom. The summed E-state index contributed by atoms with van der Waals surface area (Å²) in [4.78, 5) is 26.6. The van der Waals surface area contributed by atoms with E-state index in [1.54, 1.807) is 4.90 Å². The summed E-state index contributed by atoms with van der Waals surface area (Å²) in [5, 5.41) is 4.03. The van der Waals surface area contributed by atoms with Crippen molar-refractivity contribution in [1.82, 2.24) is 14.7 Å². The predicted molar refractivity (Wildman–Crippen MR) is 93.9 cm³/mol. The maximum atomic E-state index is 13.4. The van der Waals surface area contributed by atoms with Crippen molar-refractivity contribution in [3.05, 3.63) is 57.5 Å². The lowest BCUT2D eigenvalue weighted by atomic mass is 10.00. The summed E-state index contributed by atoms with van der Waals surface area (Å²) < 4.78 is 41.1. The third kappa shape index (κ3) is 3.89. The van der Waals surface area contributed by atoms with Crippen LogP contribution in [-0.4, -0.2) is 33.7 Å². The molecular formula is C19H20F3N3O2. The standard InChI is InChI=1S/C19H20F3N3O2/c1-12-6-5-9-24(11-12)18(27)17-16(26)10-13(2)25(23-17)15-8-4-3-7-14(15)19(20,21)22/h3-4,7-8,10,12H,5-6,9,11H2,1-2H3/t12-/m0/s1. The van der Waals surface area contributed by atoms with E-state index in [0.717, 1.165) is 29.7 Å². The van der Waals surface area contributed by atoms with E-state index >= 15 is 0 Å². The van der Waals surface area contributed by atoms with Crippen molar-refractivity contribution in [3.63, 3.8) is 0 Å². The number of carbonyl (C=O) groups is 1. The first-order chi connectivity index (χ1) is 12.7. The molecule has 3 rings (SSSR count). The molecule has 0 unspecified atom stereocenters. The highest BCUT2D eigenvalue weighted by Gasteiger charge is 2.34. The van der Waals surface area contributed by atoms with E-state index in [1.807, 2.05) is 6.92 Å². The Hall–Kier alpha value is -2.64. The smallest absolute Gasteiger partial charge is 0.337 e. The van der Waals surface area contributed by atoms with Crippen LogP contribution in [-0.2, 0) is 6.18 Å². The molecule has 1 aliphatic heterocycles. The molecule has 1 aliphatic rings. The van der Waals surface area contributed by atoms with Gasteiger partial charge in [-0.3, -0.25) is 9.59 Å². The number of halogens is 3. The van der Waals surface area contributed by atoms with Crippen LogP contribution in [0, 0.1) is 12.8 Å². The number of rotatable bonds is 2. The van der Waals surface area contributed by atoms with Gasteiger partial charge in [-0.05, 0) is 37.8 Å². The molecule has 27 heavy (non-hydrogen) atoms. The average Bonchev–Trinajstić information content (AvgIpc) is 2.60. The van der Waals surface area contributed by atoms with Gasteiger partial charge in [-0.25, -0.2) is 4.68 Å². The summed E-state index contributed by atoms with van der Waals surface area (Å²) in [6, 6.07) is 6.11. The van der Waals surface area contributed by atoms with Gasteiger partial charge in [0.05, 0.1) is 11.3 Å². The fraction of sp³-hybridized carbons (Fsp3) is 0.421. The van der Waals surface area contributed by atoms with Gasteiger partial charge in [0.25, 0.3) is 5.91 Å². The molecule has 2 heterocycles. The van der Waals surface area contributed by atoms with Crippen molar-refractivity contribution in [2.45, 2.75) is 32.9 Å². The number of hydrogen-bond donors (Lipinski definition) is 0. The average molecular weight is 379 g/mol. The number of likely N-dealkylation sites (tertiary alicyclic amines) is 1. The Morgan fingerprint density at radius 2 is 1.96 bits per heavy atom. The number of piperidine rings is 1. The van der Waals surface area contributed by atoms with Crippen molar-refractivity contribution < 1.29 is 18.0 Å². The zero-order valence-electron chi connectivity index (χ0n) is 15.1. The maximum absolute atomic E-state index is 13.4. The lowest BCUT2D eigenvalue weighted by Crippen LogP contribution is -2.42. The molecule has 1 saturated heterocycles. The van der Waals surface area contributed by atoms with Gasteiger partial charge in [-0.15, -0.1) is 0 Å². The zero-order valence-corrected chi connectivity index (χ0v) is 15.1. The summed E-state index contributed by atoms with van der Waals surface area (Å²) in [5.41, 5.74) is -1.82. The molecule has 2 aromatic rings. The van der Waals surface area contributed by atoms with Gasteiger partial charge in [-0.1, -0.05) is 19.1 Å². The lowest BCUT2D eigenvalue weighted by Gasteiger charge is -2.30. The van der Waals surface area contributed by atoms with Crippen LogP contribution < -0.4 is 5.43 Å². The monoisotopic (exact) mass is 379 g/mol. The third-order valence-corrected chi connectivity index (χ3v) is 4.69. The van der Waals surface area contributed by atoms with E-state index in [1.165, 1.54) is 25.1 Å². The Morgan fingerprint density at radius 3 is 2.63 bits per heavy atom. The SMILES string of the molecule is Cc1cc(=O)c(C(=O)N2CCC[C@H](C)C2)nn1-c1ccccc1C(F)(F)F. The molecule has 144 valence electrons. The van der Waals surface area contributed by atoms with Crippen molar-refractivity contribution >= 4 is 5.91 Å². The van der Waals surface area contributed by atoms with Gasteiger partial charge >= 0.3 is 6.18 Å². The summed E-state index contributed by atoms with van der Waals surface area (Å²) in [6.07, 6.45) is -2.77. The van der Waals surface area contributed by atoms with Gasteiger partial charge < -0.3 is 4.90 Å². The van der Waals surface area contributed by atoms with Crippen molar-refractivity contribution in [2.75, 3.05) is 13.1 Å². The second-order valence-electron chi connectivity index (χ2n) is 6.92. The Labute approximate surface area is 154 Å². The summed E-state index contributed by atoms with van der Waals surface area (Å²) in [6.45, 7) is 4.52. The Kier molecular flexibility index (Phi) is 5.08. The third-order valence-electron chi connectivity index (χ3n) is 4.69. The predicted octanol–water partition coefficient (Wildman–Crippen LogP) is 3.43. The van der Waals surface area contributed by atoms with Gasteiger partial charge in [0.2, 0.25) is 5.43 Å². The second kappa shape index (κ2) is 7.17. The molecule has 0 bridgehead atoms. The van der Waals surface area contributed by atoms with Crippen molar-refractivity contribution in [3.8, 4) is 5.69 Å². The minimum absolute atomic E-state index is 0.219. The van der Waals surface area contributed by atoms with Crippen LogP contribution in [0.1, 0.15) is 41.5 Å². The fourth-order valence-electron chi connectivity index (χ4n) is 3.36. The number of carbonyl (C=O) groups excluding carboxylic acids is 1. The zero-order chi connectivity index (χ0) is 19.8. The molecule has 1 atom stereocenters. The first kappa shape index (κ1) is 19.1. The first-order valence-corrected chi connectivity index (χ1v) is 8.75. The number of benzene rings is 1. The van der Waals surface area contributed by atoms with Crippen LogP contribution in [0.5, 0.6) is 0 Å². The fourth-order valence-corrected chi connectivity index (χ4v) is 3.36. The van der Waals surface area contributed by atoms with E-state index in [4.69, 9.17) is 0 Å². The molecule has 0 saturated carbocycles. The Balaban J connectivity index is 2.09. The number of nitrogens with zero attached hydrogens (tertiary/aromatic N) is 3. The highest BCUT2D eigenvalue weighted by atomic mass is 19.4. The number of aromatic nitrogens is 2. The molecule has 1 amide bonds. The molecule has 0 radical (unpaired) electrons. The van der Waals surface area contributed by atoms with E-state index in [9.17, 15) is 22.8 Å².